The van der Waals surface area contributed by atoms with Gasteiger partial charge in [0, 0.05) is 23.9 Å². The molecule has 1 aromatic carbocycles. The Morgan fingerprint density at radius 3 is 2.90 bits per heavy atom. The third-order valence-corrected chi connectivity index (χ3v) is 2.66. The minimum absolute atomic E-state index is 0.0513. The van der Waals surface area contributed by atoms with Crippen LogP contribution in [0.5, 0.6) is 5.75 Å². The average Bonchev–Trinajstić information content (AvgIpc) is 2.92. The summed E-state index contributed by atoms with van der Waals surface area (Å²) in [7, 11) is 1.26. The van der Waals surface area contributed by atoms with Crippen LogP contribution < -0.4 is 10.1 Å². The Morgan fingerprint density at radius 1 is 1.38 bits per heavy atom. The highest BCUT2D eigenvalue weighted by Crippen LogP contribution is 2.20. The lowest BCUT2D eigenvalue weighted by Gasteiger charge is -2.09. The first kappa shape index (κ1) is 14.8. The lowest BCUT2D eigenvalue weighted by Crippen LogP contribution is -2.07. The Hall–Kier alpha value is -2.57. The van der Waals surface area contributed by atoms with Crippen LogP contribution >= 0.6 is 0 Å². The molecule has 0 aliphatic rings. The van der Waals surface area contributed by atoms with Crippen molar-refractivity contribution in [2.45, 2.75) is 13.2 Å². The number of hydrogen-bond donors (Lipinski definition) is 1. The van der Waals surface area contributed by atoms with Crippen molar-refractivity contribution in [1.82, 2.24) is 0 Å². The Morgan fingerprint density at radius 2 is 2.19 bits per heavy atom. The Labute approximate surface area is 119 Å². The molecule has 1 aromatic heterocycles. The van der Waals surface area contributed by atoms with Gasteiger partial charge in [0.1, 0.15) is 5.75 Å². The van der Waals surface area contributed by atoms with Gasteiger partial charge >= 0.3 is 12.6 Å². The Kier molecular flexibility index (Phi) is 4.76. The summed E-state index contributed by atoms with van der Waals surface area (Å²) in [6.45, 7) is -2.60. The van der Waals surface area contributed by atoms with Gasteiger partial charge in [-0.3, -0.25) is 0 Å². The van der Waals surface area contributed by atoms with Gasteiger partial charge in [-0.15, -0.1) is 0 Å². The molecule has 0 fully saturated rings. The van der Waals surface area contributed by atoms with E-state index in [1.165, 1.54) is 25.5 Å². The number of halogens is 2. The quantitative estimate of drug-likeness (QED) is 0.829. The van der Waals surface area contributed by atoms with Crippen LogP contribution in [0.2, 0.25) is 0 Å². The number of carbonyl (C=O) groups excluding carboxylic acids is 1. The summed E-state index contributed by atoms with van der Waals surface area (Å²) in [5.74, 6) is -0.424. The van der Waals surface area contributed by atoms with Gasteiger partial charge in [-0.1, -0.05) is 6.07 Å². The fraction of sp³-hybridized carbons (Fsp3) is 0.214. The van der Waals surface area contributed by atoms with Crippen molar-refractivity contribution in [3.05, 3.63) is 47.9 Å². The van der Waals surface area contributed by atoms with Crippen molar-refractivity contribution >= 4 is 11.7 Å². The first-order valence-electron chi connectivity index (χ1n) is 6.03. The smallest absolute Gasteiger partial charge is 0.387 e. The molecule has 112 valence electrons. The highest BCUT2D eigenvalue weighted by atomic mass is 19.3. The van der Waals surface area contributed by atoms with E-state index in [1.54, 1.807) is 18.2 Å². The summed E-state index contributed by atoms with van der Waals surface area (Å²) >= 11 is 0. The van der Waals surface area contributed by atoms with Crippen LogP contribution in [0.3, 0.4) is 0 Å². The molecule has 1 N–H and O–H groups in total. The van der Waals surface area contributed by atoms with E-state index < -0.39 is 12.6 Å². The third kappa shape index (κ3) is 3.95. The van der Waals surface area contributed by atoms with E-state index in [-0.39, 0.29) is 18.1 Å². The predicted octanol–water partition coefficient (Wildman–Crippen LogP) is 3.28. The zero-order chi connectivity index (χ0) is 15.2. The van der Waals surface area contributed by atoms with Gasteiger partial charge in [0.15, 0.2) is 0 Å². The van der Waals surface area contributed by atoms with Crippen LogP contribution in [0.1, 0.15) is 16.1 Å². The van der Waals surface area contributed by atoms with Gasteiger partial charge < -0.3 is 19.2 Å². The number of furan rings is 1. The molecular formula is C14H13F2NO4. The topological polar surface area (TPSA) is 60.7 Å². The van der Waals surface area contributed by atoms with Gasteiger partial charge in [0.25, 0.3) is 0 Å². The van der Waals surface area contributed by atoms with Crippen molar-refractivity contribution in [2.75, 3.05) is 12.4 Å². The van der Waals surface area contributed by atoms with Crippen LogP contribution in [0.15, 0.2) is 41.0 Å². The summed E-state index contributed by atoms with van der Waals surface area (Å²) in [6.07, 6.45) is 1.37. The molecule has 2 aromatic rings. The molecule has 0 spiro atoms. The highest BCUT2D eigenvalue weighted by molar-refractivity contribution is 5.87. The van der Waals surface area contributed by atoms with Gasteiger partial charge in [-0.2, -0.15) is 8.78 Å². The van der Waals surface area contributed by atoms with E-state index in [0.29, 0.717) is 11.3 Å². The molecule has 2 rings (SSSR count). The standard InChI is InChI=1S/C14H13F2NO4/c1-19-13(18)12-9(5-6-20-12)8-17-10-3-2-4-11(7-10)21-14(15)16/h2-7,14,17H,8H2,1H3. The zero-order valence-corrected chi connectivity index (χ0v) is 11.1. The number of benzene rings is 1. The fourth-order valence-corrected chi connectivity index (χ4v) is 1.73. The number of hydrogen-bond acceptors (Lipinski definition) is 5. The average molecular weight is 297 g/mol. The summed E-state index contributed by atoms with van der Waals surface area (Å²) < 4.78 is 38.2. The second-order valence-electron chi connectivity index (χ2n) is 4.03. The molecule has 0 aliphatic heterocycles. The van der Waals surface area contributed by atoms with Crippen LogP contribution in [0, 0.1) is 0 Å². The minimum atomic E-state index is -2.87. The number of nitrogens with one attached hydrogen (secondary N) is 1. The van der Waals surface area contributed by atoms with Crippen molar-refractivity contribution in [1.29, 1.82) is 0 Å². The van der Waals surface area contributed by atoms with Gasteiger partial charge in [0.05, 0.1) is 13.4 Å². The van der Waals surface area contributed by atoms with Crippen molar-refractivity contribution in [3.63, 3.8) is 0 Å². The van der Waals surface area contributed by atoms with E-state index in [2.05, 4.69) is 14.8 Å². The van der Waals surface area contributed by atoms with Crippen molar-refractivity contribution < 1.29 is 27.5 Å². The molecule has 0 saturated heterocycles. The number of anilines is 1. The maximum atomic E-state index is 12.1. The number of ether oxygens (including phenoxy) is 2. The van der Waals surface area contributed by atoms with Gasteiger partial charge in [-0.05, 0) is 18.2 Å². The molecule has 0 atom stereocenters. The van der Waals surface area contributed by atoms with Gasteiger partial charge in [0.2, 0.25) is 5.76 Å². The molecule has 0 amide bonds. The summed E-state index contributed by atoms with van der Waals surface area (Å²) in [5.41, 5.74) is 1.17. The molecule has 1 heterocycles. The molecule has 21 heavy (non-hydrogen) atoms. The summed E-state index contributed by atoms with van der Waals surface area (Å²) in [5, 5.41) is 2.99. The van der Waals surface area contributed by atoms with E-state index in [9.17, 15) is 13.6 Å². The maximum absolute atomic E-state index is 12.1. The van der Waals surface area contributed by atoms with Crippen molar-refractivity contribution in [2.24, 2.45) is 0 Å². The molecule has 0 unspecified atom stereocenters. The van der Waals surface area contributed by atoms with E-state index in [1.807, 2.05) is 0 Å². The molecule has 0 bridgehead atoms. The molecule has 5 nitrogen and oxygen atoms in total. The highest BCUT2D eigenvalue weighted by Gasteiger charge is 2.15. The normalized spacial score (nSPS) is 10.5. The third-order valence-electron chi connectivity index (χ3n) is 2.66. The first-order chi connectivity index (χ1) is 10.1. The summed E-state index contributed by atoms with van der Waals surface area (Å²) in [4.78, 5) is 11.4. The maximum Gasteiger partial charge on any atom is 0.387 e. The molecule has 0 saturated carbocycles. The minimum Gasteiger partial charge on any atom is -0.463 e. The predicted molar refractivity (Wildman–Crippen MR) is 70.4 cm³/mol. The van der Waals surface area contributed by atoms with Crippen LogP contribution in [0.4, 0.5) is 14.5 Å². The van der Waals surface area contributed by atoms with Crippen LogP contribution in [-0.4, -0.2) is 19.7 Å². The SMILES string of the molecule is COC(=O)c1occc1CNc1cccc(OC(F)F)c1. The second kappa shape index (κ2) is 6.74. The number of methoxy groups -OCH3 is 1. The van der Waals surface area contributed by atoms with E-state index >= 15 is 0 Å². The number of esters is 1. The van der Waals surface area contributed by atoms with Crippen molar-refractivity contribution in [3.8, 4) is 5.75 Å². The molecule has 0 aliphatic carbocycles. The van der Waals surface area contributed by atoms with E-state index in [0.717, 1.165) is 0 Å². The lowest BCUT2D eigenvalue weighted by molar-refractivity contribution is -0.0498. The Balaban J connectivity index is 2.03. The number of alkyl halides is 2. The lowest BCUT2D eigenvalue weighted by atomic mass is 10.2. The van der Waals surface area contributed by atoms with Gasteiger partial charge in [-0.25, -0.2) is 4.79 Å². The number of rotatable bonds is 6. The fourth-order valence-electron chi connectivity index (χ4n) is 1.73. The van der Waals surface area contributed by atoms with E-state index in [4.69, 9.17) is 4.42 Å². The first-order valence-corrected chi connectivity index (χ1v) is 6.03. The monoisotopic (exact) mass is 297 g/mol. The van der Waals surface area contributed by atoms with Crippen LogP contribution in [0.25, 0.3) is 0 Å². The Bertz CT molecular complexity index is 613. The van der Waals surface area contributed by atoms with Crippen LogP contribution in [-0.2, 0) is 11.3 Å². The second-order valence-corrected chi connectivity index (χ2v) is 4.03. The summed E-state index contributed by atoms with van der Waals surface area (Å²) in [6, 6.07) is 7.75. The molecule has 0 radical (unpaired) electrons. The zero-order valence-electron chi connectivity index (χ0n) is 11.1. The largest absolute Gasteiger partial charge is 0.463 e. The molecule has 7 heteroatoms. The molecular weight excluding hydrogens is 284 g/mol. The number of carbonyl (C=O) groups is 1.